The van der Waals surface area contributed by atoms with Crippen molar-refractivity contribution in [1.82, 2.24) is 10.3 Å². The Balaban J connectivity index is 2.07. The van der Waals surface area contributed by atoms with Gasteiger partial charge in [-0.3, -0.25) is 4.98 Å². The molecule has 0 fully saturated rings. The Morgan fingerprint density at radius 3 is 2.80 bits per heavy atom. The molecule has 1 aromatic carbocycles. The van der Waals surface area contributed by atoms with Crippen LogP contribution < -0.4 is 10.1 Å². The third-order valence-electron chi connectivity index (χ3n) is 2.69. The maximum absolute atomic E-state index is 13.4. The summed E-state index contributed by atoms with van der Waals surface area (Å²) in [6.45, 7) is 7.25. The van der Waals surface area contributed by atoms with Gasteiger partial charge in [0.15, 0.2) is 0 Å². The fourth-order valence-corrected chi connectivity index (χ4v) is 2.16. The second-order valence-electron chi connectivity index (χ2n) is 5.61. The summed E-state index contributed by atoms with van der Waals surface area (Å²) >= 11 is 1.54. The highest BCUT2D eigenvalue weighted by molar-refractivity contribution is 7.09. The van der Waals surface area contributed by atoms with Gasteiger partial charge in [0.05, 0.1) is 10.4 Å². The minimum atomic E-state index is -0.249. The largest absolute Gasteiger partial charge is 0.488 e. The Hall–Kier alpha value is -1.46. The van der Waals surface area contributed by atoms with Crippen molar-refractivity contribution in [1.29, 1.82) is 0 Å². The van der Waals surface area contributed by atoms with Crippen molar-refractivity contribution < 1.29 is 9.13 Å². The first-order valence-corrected chi connectivity index (χ1v) is 7.36. The molecule has 20 heavy (non-hydrogen) atoms. The smallest absolute Gasteiger partial charge is 0.124 e. The molecule has 5 heteroatoms. The van der Waals surface area contributed by atoms with Gasteiger partial charge in [-0.05, 0) is 39.0 Å². The highest BCUT2D eigenvalue weighted by Gasteiger charge is 2.12. The molecular weight excluding hydrogens is 275 g/mol. The highest BCUT2D eigenvalue weighted by Crippen LogP contribution is 2.22. The summed E-state index contributed by atoms with van der Waals surface area (Å²) in [5.74, 6) is 0.456. The Labute approximate surface area is 122 Å². The molecule has 2 rings (SSSR count). The third-order valence-corrected chi connectivity index (χ3v) is 3.44. The van der Waals surface area contributed by atoms with E-state index in [-0.39, 0.29) is 11.4 Å². The van der Waals surface area contributed by atoms with E-state index >= 15 is 0 Å². The average Bonchev–Trinajstić information content (AvgIpc) is 2.87. The van der Waals surface area contributed by atoms with Crippen LogP contribution in [0.25, 0.3) is 0 Å². The molecule has 0 unspecified atom stereocenters. The third kappa shape index (κ3) is 4.58. The van der Waals surface area contributed by atoms with Crippen LogP contribution in [-0.2, 0) is 13.2 Å². The van der Waals surface area contributed by atoms with E-state index in [1.165, 1.54) is 12.1 Å². The average molecular weight is 294 g/mol. The van der Waals surface area contributed by atoms with Gasteiger partial charge in [0.25, 0.3) is 0 Å². The van der Waals surface area contributed by atoms with Crippen molar-refractivity contribution in [3.05, 3.63) is 46.2 Å². The number of hydrogen-bond acceptors (Lipinski definition) is 4. The number of halogens is 1. The number of aromatic nitrogens is 1. The fraction of sp³-hybridized carbons (Fsp3) is 0.400. The van der Waals surface area contributed by atoms with Crippen molar-refractivity contribution in [2.75, 3.05) is 0 Å². The number of rotatable bonds is 5. The summed E-state index contributed by atoms with van der Waals surface area (Å²) < 4.78 is 19.2. The molecule has 0 atom stereocenters. The van der Waals surface area contributed by atoms with Crippen molar-refractivity contribution in [3.8, 4) is 5.75 Å². The molecule has 0 aliphatic heterocycles. The minimum absolute atomic E-state index is 0.0265. The van der Waals surface area contributed by atoms with Crippen LogP contribution in [0.15, 0.2) is 29.9 Å². The van der Waals surface area contributed by atoms with Crippen molar-refractivity contribution in [2.24, 2.45) is 0 Å². The van der Waals surface area contributed by atoms with Crippen LogP contribution in [0.5, 0.6) is 5.75 Å². The van der Waals surface area contributed by atoms with Crippen molar-refractivity contribution in [2.45, 2.75) is 39.5 Å². The van der Waals surface area contributed by atoms with Gasteiger partial charge in [-0.25, -0.2) is 4.39 Å². The molecule has 1 N–H and O–H groups in total. The van der Waals surface area contributed by atoms with Crippen molar-refractivity contribution in [3.63, 3.8) is 0 Å². The standard InChI is InChI=1S/C15H19FN2OS/c1-15(2,3)18-7-11-6-12(16)4-5-14(11)19-9-13-8-17-10-20-13/h4-6,8,10,18H,7,9H2,1-3H3. The number of nitrogens with zero attached hydrogens (tertiary/aromatic N) is 1. The molecule has 1 aromatic heterocycles. The van der Waals surface area contributed by atoms with Crippen LogP contribution >= 0.6 is 11.3 Å². The van der Waals surface area contributed by atoms with E-state index in [0.717, 1.165) is 10.4 Å². The molecule has 1 heterocycles. The van der Waals surface area contributed by atoms with Crippen LogP contribution in [0.3, 0.4) is 0 Å². The molecular formula is C15H19FN2OS. The topological polar surface area (TPSA) is 34.1 Å². The maximum Gasteiger partial charge on any atom is 0.124 e. The van der Waals surface area contributed by atoms with Gasteiger partial charge in [-0.15, -0.1) is 11.3 Å². The highest BCUT2D eigenvalue weighted by atomic mass is 32.1. The van der Waals surface area contributed by atoms with Crippen LogP contribution in [0.1, 0.15) is 31.2 Å². The van der Waals surface area contributed by atoms with E-state index < -0.39 is 0 Å². The Kier molecular flexibility index (Phi) is 4.73. The van der Waals surface area contributed by atoms with Gasteiger partial charge in [-0.1, -0.05) is 0 Å². The molecule has 0 radical (unpaired) electrons. The first-order valence-electron chi connectivity index (χ1n) is 6.48. The van der Waals surface area contributed by atoms with Crippen LogP contribution in [0.2, 0.25) is 0 Å². The zero-order valence-corrected chi connectivity index (χ0v) is 12.8. The molecule has 0 saturated heterocycles. The van der Waals surface area contributed by atoms with Gasteiger partial charge in [0.2, 0.25) is 0 Å². The first kappa shape index (κ1) is 14.9. The molecule has 0 aliphatic carbocycles. The van der Waals surface area contributed by atoms with Gasteiger partial charge in [-0.2, -0.15) is 0 Å². The van der Waals surface area contributed by atoms with E-state index in [2.05, 4.69) is 31.1 Å². The number of benzene rings is 1. The Morgan fingerprint density at radius 2 is 2.15 bits per heavy atom. The van der Waals surface area contributed by atoms with Crippen molar-refractivity contribution >= 4 is 11.3 Å². The number of thiazole rings is 1. The summed E-state index contributed by atoms with van der Waals surface area (Å²) in [5.41, 5.74) is 2.57. The number of nitrogens with one attached hydrogen (secondary N) is 1. The quantitative estimate of drug-likeness (QED) is 0.912. The monoisotopic (exact) mass is 294 g/mol. The number of ether oxygens (including phenoxy) is 1. The zero-order valence-electron chi connectivity index (χ0n) is 11.9. The van der Waals surface area contributed by atoms with Crippen LogP contribution in [0.4, 0.5) is 4.39 Å². The molecule has 0 bridgehead atoms. The SMILES string of the molecule is CC(C)(C)NCc1cc(F)ccc1OCc1cncs1. The van der Waals surface area contributed by atoms with E-state index in [0.29, 0.717) is 18.9 Å². The molecule has 0 amide bonds. The lowest BCUT2D eigenvalue weighted by Gasteiger charge is -2.21. The summed E-state index contributed by atoms with van der Waals surface area (Å²) in [7, 11) is 0. The summed E-state index contributed by atoms with van der Waals surface area (Å²) in [6.07, 6.45) is 1.78. The first-order chi connectivity index (χ1) is 9.44. The second kappa shape index (κ2) is 6.33. The predicted molar refractivity (Wildman–Crippen MR) is 79.4 cm³/mol. The molecule has 2 aromatic rings. The van der Waals surface area contributed by atoms with E-state index in [1.807, 2.05) is 0 Å². The molecule has 0 aliphatic rings. The van der Waals surface area contributed by atoms with Crippen LogP contribution in [-0.4, -0.2) is 10.5 Å². The number of hydrogen-bond donors (Lipinski definition) is 1. The summed E-state index contributed by atoms with van der Waals surface area (Å²) in [4.78, 5) is 5.05. The van der Waals surface area contributed by atoms with E-state index in [9.17, 15) is 4.39 Å². The lowest BCUT2D eigenvalue weighted by molar-refractivity contribution is 0.302. The zero-order chi connectivity index (χ0) is 14.6. The Morgan fingerprint density at radius 1 is 1.35 bits per heavy atom. The fourth-order valence-electron chi connectivity index (χ4n) is 1.65. The lowest BCUT2D eigenvalue weighted by Crippen LogP contribution is -2.35. The molecule has 108 valence electrons. The second-order valence-corrected chi connectivity index (χ2v) is 6.58. The summed E-state index contributed by atoms with van der Waals surface area (Å²) in [6, 6.07) is 4.61. The Bertz CT molecular complexity index is 549. The summed E-state index contributed by atoms with van der Waals surface area (Å²) in [5, 5.41) is 3.34. The normalized spacial score (nSPS) is 11.6. The van der Waals surface area contributed by atoms with Gasteiger partial charge in [0.1, 0.15) is 18.2 Å². The predicted octanol–water partition coefficient (Wildman–Crippen LogP) is 3.75. The van der Waals surface area contributed by atoms with Gasteiger partial charge >= 0.3 is 0 Å². The minimum Gasteiger partial charge on any atom is -0.488 e. The lowest BCUT2D eigenvalue weighted by atomic mass is 10.1. The van der Waals surface area contributed by atoms with Gasteiger partial charge in [0, 0.05) is 23.8 Å². The maximum atomic E-state index is 13.4. The van der Waals surface area contributed by atoms with E-state index in [1.54, 1.807) is 29.1 Å². The molecule has 3 nitrogen and oxygen atoms in total. The molecule has 0 saturated carbocycles. The van der Waals surface area contributed by atoms with Crippen LogP contribution in [0, 0.1) is 5.82 Å². The van der Waals surface area contributed by atoms with E-state index in [4.69, 9.17) is 4.74 Å². The van der Waals surface area contributed by atoms with Gasteiger partial charge < -0.3 is 10.1 Å². The molecule has 0 spiro atoms.